The first kappa shape index (κ1) is 10.7. The lowest BCUT2D eigenvalue weighted by molar-refractivity contribution is -0.151. The summed E-state index contributed by atoms with van der Waals surface area (Å²) in [5.41, 5.74) is 1.94. The largest absolute Gasteiger partial charge is 0.454 e. The van der Waals surface area contributed by atoms with Crippen molar-refractivity contribution in [2.24, 2.45) is 0 Å². The fourth-order valence-electron chi connectivity index (χ4n) is 0.890. The highest BCUT2D eigenvalue weighted by molar-refractivity contribution is 6.80. The van der Waals surface area contributed by atoms with E-state index in [-0.39, 0.29) is 6.61 Å². The number of carbonyl (C=O) groups excluding carboxylic acids is 2. The molecule has 0 atom stereocenters. The molecule has 0 heterocycles. The number of hydrogen-bond donors (Lipinski definition) is 0. The summed E-state index contributed by atoms with van der Waals surface area (Å²) >= 11 is 4.91. The molecular formula is C10H9ClO3. The van der Waals surface area contributed by atoms with Crippen LogP contribution in [0, 0.1) is 6.92 Å². The number of halogens is 1. The molecule has 0 N–H and O–H groups in total. The van der Waals surface area contributed by atoms with Gasteiger partial charge in [0.05, 0.1) is 0 Å². The number of ether oxygens (including phenoxy) is 1. The summed E-state index contributed by atoms with van der Waals surface area (Å²) in [5.74, 6) is -1.02. The molecule has 0 aliphatic heterocycles. The van der Waals surface area contributed by atoms with E-state index in [1.807, 2.05) is 31.2 Å². The van der Waals surface area contributed by atoms with Crippen LogP contribution in [-0.2, 0) is 20.9 Å². The Morgan fingerprint density at radius 2 is 1.86 bits per heavy atom. The third-order valence-corrected chi connectivity index (χ3v) is 1.81. The lowest BCUT2D eigenvalue weighted by Crippen LogP contribution is -2.11. The molecule has 0 saturated heterocycles. The van der Waals surface area contributed by atoms with E-state index >= 15 is 0 Å². The van der Waals surface area contributed by atoms with E-state index in [1.54, 1.807) is 0 Å². The number of esters is 1. The fraction of sp³-hybridized carbons (Fsp3) is 0.200. The summed E-state index contributed by atoms with van der Waals surface area (Å²) in [7, 11) is 0. The zero-order chi connectivity index (χ0) is 10.6. The number of benzene rings is 1. The topological polar surface area (TPSA) is 43.4 Å². The molecule has 0 spiro atoms. The van der Waals surface area contributed by atoms with Crippen LogP contribution in [-0.4, -0.2) is 11.2 Å². The molecule has 3 nitrogen and oxygen atoms in total. The van der Waals surface area contributed by atoms with Crippen molar-refractivity contribution in [2.45, 2.75) is 13.5 Å². The molecule has 0 aliphatic rings. The first-order chi connectivity index (χ1) is 6.59. The first-order valence-electron chi connectivity index (χ1n) is 4.01. The predicted molar refractivity (Wildman–Crippen MR) is 51.8 cm³/mol. The highest BCUT2D eigenvalue weighted by Crippen LogP contribution is 2.04. The van der Waals surface area contributed by atoms with Gasteiger partial charge in [-0.1, -0.05) is 29.8 Å². The minimum atomic E-state index is -1.10. The Balaban J connectivity index is 2.50. The maximum Gasteiger partial charge on any atom is 0.391 e. The van der Waals surface area contributed by atoms with Crippen LogP contribution in [0.25, 0.3) is 0 Å². The molecule has 14 heavy (non-hydrogen) atoms. The van der Waals surface area contributed by atoms with Crippen molar-refractivity contribution in [1.82, 2.24) is 0 Å². The average Bonchev–Trinajstić information content (AvgIpc) is 2.16. The van der Waals surface area contributed by atoms with Gasteiger partial charge in [0.2, 0.25) is 0 Å². The van der Waals surface area contributed by atoms with Gasteiger partial charge in [0.25, 0.3) is 0 Å². The standard InChI is InChI=1S/C10H9ClO3/c1-7-2-4-8(5-3-7)6-14-10(13)9(11)12/h2-5H,6H2,1H3. The maximum atomic E-state index is 10.7. The zero-order valence-corrected chi connectivity index (χ0v) is 8.38. The SMILES string of the molecule is Cc1ccc(COC(=O)C(=O)Cl)cc1. The van der Waals surface area contributed by atoms with E-state index in [9.17, 15) is 9.59 Å². The minimum Gasteiger partial charge on any atom is -0.454 e. The Hall–Kier alpha value is -1.35. The summed E-state index contributed by atoms with van der Waals surface area (Å²) < 4.78 is 4.61. The second-order valence-corrected chi connectivity index (χ2v) is 3.18. The highest BCUT2D eigenvalue weighted by Gasteiger charge is 2.11. The molecule has 0 aromatic heterocycles. The summed E-state index contributed by atoms with van der Waals surface area (Å²) in [5, 5.41) is -1.10. The van der Waals surface area contributed by atoms with Crippen molar-refractivity contribution in [2.75, 3.05) is 0 Å². The second kappa shape index (κ2) is 4.77. The Morgan fingerprint density at radius 3 is 2.36 bits per heavy atom. The Bertz CT molecular complexity index is 343. The van der Waals surface area contributed by atoms with Gasteiger partial charge in [0.1, 0.15) is 6.61 Å². The molecule has 1 aromatic carbocycles. The molecule has 0 fully saturated rings. The third-order valence-electron chi connectivity index (χ3n) is 1.65. The van der Waals surface area contributed by atoms with E-state index in [0.29, 0.717) is 0 Å². The van der Waals surface area contributed by atoms with Crippen molar-refractivity contribution >= 4 is 22.8 Å². The highest BCUT2D eigenvalue weighted by atomic mass is 35.5. The van der Waals surface area contributed by atoms with Crippen molar-refractivity contribution in [1.29, 1.82) is 0 Å². The molecule has 0 saturated carbocycles. The van der Waals surface area contributed by atoms with Crippen LogP contribution in [0.3, 0.4) is 0 Å². The van der Waals surface area contributed by atoms with Crippen LogP contribution >= 0.6 is 11.6 Å². The van der Waals surface area contributed by atoms with Crippen molar-refractivity contribution in [3.63, 3.8) is 0 Å². The molecule has 1 aromatic rings. The van der Waals surface area contributed by atoms with Gasteiger partial charge in [0, 0.05) is 0 Å². The van der Waals surface area contributed by atoms with Gasteiger partial charge in [-0.2, -0.15) is 0 Å². The fourth-order valence-corrected chi connectivity index (χ4v) is 0.944. The Kier molecular flexibility index (Phi) is 3.65. The van der Waals surface area contributed by atoms with Gasteiger partial charge in [-0.25, -0.2) is 4.79 Å². The van der Waals surface area contributed by atoms with Crippen molar-refractivity contribution in [3.8, 4) is 0 Å². The maximum absolute atomic E-state index is 10.7. The van der Waals surface area contributed by atoms with E-state index in [1.165, 1.54) is 0 Å². The number of rotatable bonds is 3. The minimum absolute atomic E-state index is 0.0670. The zero-order valence-electron chi connectivity index (χ0n) is 7.62. The Morgan fingerprint density at radius 1 is 1.29 bits per heavy atom. The van der Waals surface area contributed by atoms with Crippen LogP contribution in [0.2, 0.25) is 0 Å². The second-order valence-electron chi connectivity index (χ2n) is 2.84. The number of hydrogen-bond acceptors (Lipinski definition) is 3. The van der Waals surface area contributed by atoms with Gasteiger partial charge >= 0.3 is 11.2 Å². The molecule has 0 radical (unpaired) electrons. The van der Waals surface area contributed by atoms with Gasteiger partial charge < -0.3 is 4.74 Å². The normalized spacial score (nSPS) is 9.57. The van der Waals surface area contributed by atoms with Gasteiger partial charge in [-0.15, -0.1) is 0 Å². The molecular weight excluding hydrogens is 204 g/mol. The van der Waals surface area contributed by atoms with E-state index in [4.69, 9.17) is 11.6 Å². The lowest BCUT2D eigenvalue weighted by Gasteiger charge is -2.01. The van der Waals surface area contributed by atoms with Gasteiger partial charge in [-0.3, -0.25) is 4.79 Å². The van der Waals surface area contributed by atoms with E-state index in [0.717, 1.165) is 11.1 Å². The van der Waals surface area contributed by atoms with E-state index in [2.05, 4.69) is 4.74 Å². The third kappa shape index (κ3) is 3.18. The molecule has 0 bridgehead atoms. The molecule has 0 aliphatic carbocycles. The predicted octanol–water partition coefficient (Wildman–Crippen LogP) is 1.80. The van der Waals surface area contributed by atoms with Crippen LogP contribution in [0.15, 0.2) is 24.3 Å². The van der Waals surface area contributed by atoms with Crippen LogP contribution in [0.5, 0.6) is 0 Å². The molecule has 74 valence electrons. The number of carbonyl (C=O) groups is 2. The van der Waals surface area contributed by atoms with Gasteiger partial charge in [0.15, 0.2) is 0 Å². The smallest absolute Gasteiger partial charge is 0.391 e. The quantitative estimate of drug-likeness (QED) is 0.436. The van der Waals surface area contributed by atoms with Crippen LogP contribution in [0.1, 0.15) is 11.1 Å². The summed E-state index contributed by atoms with van der Waals surface area (Å²) in [6.45, 7) is 2.02. The first-order valence-corrected chi connectivity index (χ1v) is 4.39. The molecule has 1 rings (SSSR count). The lowest BCUT2D eigenvalue weighted by atomic mass is 10.2. The molecule has 0 amide bonds. The monoisotopic (exact) mass is 212 g/mol. The average molecular weight is 213 g/mol. The van der Waals surface area contributed by atoms with Crippen LogP contribution in [0.4, 0.5) is 0 Å². The Labute approximate surface area is 86.6 Å². The summed E-state index contributed by atoms with van der Waals surface area (Å²) in [4.78, 5) is 21.0. The summed E-state index contributed by atoms with van der Waals surface area (Å²) in [6.07, 6.45) is 0. The van der Waals surface area contributed by atoms with Crippen molar-refractivity contribution < 1.29 is 14.3 Å². The van der Waals surface area contributed by atoms with Crippen LogP contribution < -0.4 is 0 Å². The summed E-state index contributed by atoms with van der Waals surface area (Å²) in [6, 6.07) is 7.43. The van der Waals surface area contributed by atoms with E-state index < -0.39 is 11.2 Å². The molecule has 0 unspecified atom stereocenters. The van der Waals surface area contributed by atoms with Crippen molar-refractivity contribution in [3.05, 3.63) is 35.4 Å². The molecule has 4 heteroatoms. The number of aryl methyl sites for hydroxylation is 1. The van der Waals surface area contributed by atoms with Gasteiger partial charge in [-0.05, 0) is 24.1 Å².